The molecule has 0 saturated heterocycles. The maximum atomic E-state index is 13.9. The summed E-state index contributed by atoms with van der Waals surface area (Å²) in [6, 6.07) is 7.57. The molecule has 0 heterocycles. The first kappa shape index (κ1) is 15.0. The fourth-order valence-electron chi connectivity index (χ4n) is 1.45. The first-order valence-electron chi connectivity index (χ1n) is 5.23. The Bertz CT molecular complexity index is 620. The molecule has 0 saturated carbocycles. The van der Waals surface area contributed by atoms with E-state index in [4.69, 9.17) is 5.11 Å². The number of rotatable bonds is 3. The van der Waals surface area contributed by atoms with E-state index >= 15 is 0 Å². The largest absolute Gasteiger partial charge is 0.392 e. The van der Waals surface area contributed by atoms with Crippen LogP contribution in [0, 0.1) is 11.6 Å². The highest BCUT2D eigenvalue weighted by Gasteiger charge is 2.11. The van der Waals surface area contributed by atoms with Crippen molar-refractivity contribution in [3.05, 3.63) is 56.5 Å². The molecule has 19 heavy (non-hydrogen) atoms. The molecular weight excluding hydrogens is 402 g/mol. The van der Waals surface area contributed by atoms with E-state index in [9.17, 15) is 8.78 Å². The molecule has 100 valence electrons. The first-order valence-corrected chi connectivity index (χ1v) is 7.63. The monoisotopic (exact) mass is 408 g/mol. The summed E-state index contributed by atoms with van der Waals surface area (Å²) in [5.74, 6) is -0.766. The third-order valence-electron chi connectivity index (χ3n) is 2.36. The van der Waals surface area contributed by atoms with Crippen LogP contribution in [-0.4, -0.2) is 5.11 Å². The molecule has 2 rings (SSSR count). The average Bonchev–Trinajstić information content (AvgIpc) is 2.39. The second kappa shape index (κ2) is 6.35. The van der Waals surface area contributed by atoms with Gasteiger partial charge in [0, 0.05) is 9.79 Å². The smallest absolute Gasteiger partial charge is 0.151 e. The molecule has 0 spiro atoms. The van der Waals surface area contributed by atoms with Crippen LogP contribution in [0.4, 0.5) is 8.78 Å². The molecule has 0 fully saturated rings. The zero-order valence-corrected chi connectivity index (χ0v) is 13.4. The average molecular weight is 410 g/mol. The summed E-state index contributed by atoms with van der Waals surface area (Å²) >= 11 is 7.37. The predicted molar refractivity (Wildman–Crippen MR) is 78.2 cm³/mol. The molecule has 0 bridgehead atoms. The Kier molecular flexibility index (Phi) is 5.00. The highest BCUT2D eigenvalue weighted by molar-refractivity contribution is 9.10. The first-order chi connectivity index (χ1) is 9.01. The molecular formula is C13H8Br2F2OS. The van der Waals surface area contributed by atoms with Gasteiger partial charge in [-0.25, -0.2) is 8.78 Å². The third kappa shape index (κ3) is 3.56. The quantitative estimate of drug-likeness (QED) is 0.757. The van der Waals surface area contributed by atoms with Crippen molar-refractivity contribution >= 4 is 43.6 Å². The minimum atomic E-state index is -0.400. The summed E-state index contributed by atoms with van der Waals surface area (Å²) in [4.78, 5) is 1.08. The summed E-state index contributed by atoms with van der Waals surface area (Å²) in [6.45, 7) is -0.167. The van der Waals surface area contributed by atoms with E-state index in [1.165, 1.54) is 23.9 Å². The van der Waals surface area contributed by atoms with Crippen molar-refractivity contribution in [1.29, 1.82) is 0 Å². The van der Waals surface area contributed by atoms with Crippen LogP contribution in [-0.2, 0) is 6.61 Å². The normalized spacial score (nSPS) is 10.8. The molecule has 0 atom stereocenters. The molecule has 6 heteroatoms. The Hall–Kier alpha value is -0.430. The molecule has 0 unspecified atom stereocenters. The van der Waals surface area contributed by atoms with Crippen LogP contribution in [0.25, 0.3) is 0 Å². The van der Waals surface area contributed by atoms with E-state index in [-0.39, 0.29) is 12.4 Å². The summed E-state index contributed by atoms with van der Waals surface area (Å²) in [7, 11) is 0. The summed E-state index contributed by atoms with van der Waals surface area (Å²) in [5, 5.41) is 9.11. The van der Waals surface area contributed by atoms with Gasteiger partial charge in [0.15, 0.2) is 5.82 Å². The highest BCUT2D eigenvalue weighted by Crippen LogP contribution is 2.35. The minimum Gasteiger partial charge on any atom is -0.392 e. The van der Waals surface area contributed by atoms with Crippen LogP contribution in [0.3, 0.4) is 0 Å². The highest BCUT2D eigenvalue weighted by atomic mass is 79.9. The van der Waals surface area contributed by atoms with Gasteiger partial charge in [0.1, 0.15) is 5.82 Å². The fraction of sp³-hybridized carbons (Fsp3) is 0.0769. The molecule has 0 aromatic heterocycles. The van der Waals surface area contributed by atoms with Crippen molar-refractivity contribution in [2.45, 2.75) is 16.4 Å². The maximum absolute atomic E-state index is 13.9. The maximum Gasteiger partial charge on any atom is 0.151 e. The molecule has 2 aromatic carbocycles. The van der Waals surface area contributed by atoms with Gasteiger partial charge in [0.2, 0.25) is 0 Å². The van der Waals surface area contributed by atoms with E-state index < -0.39 is 5.82 Å². The minimum absolute atomic E-state index is 0.167. The Balaban J connectivity index is 2.37. The van der Waals surface area contributed by atoms with E-state index in [0.29, 0.717) is 24.3 Å². The van der Waals surface area contributed by atoms with Crippen LogP contribution in [0.1, 0.15) is 5.56 Å². The van der Waals surface area contributed by atoms with Crippen LogP contribution in [0.2, 0.25) is 0 Å². The number of halogens is 4. The van der Waals surface area contributed by atoms with Crippen molar-refractivity contribution < 1.29 is 13.9 Å². The van der Waals surface area contributed by atoms with E-state index in [0.717, 1.165) is 0 Å². The molecule has 0 amide bonds. The lowest BCUT2D eigenvalue weighted by Crippen LogP contribution is -1.90. The summed E-state index contributed by atoms with van der Waals surface area (Å²) in [5.41, 5.74) is 0.608. The second-order valence-electron chi connectivity index (χ2n) is 3.73. The zero-order chi connectivity index (χ0) is 14.0. The van der Waals surface area contributed by atoms with Gasteiger partial charge in [-0.15, -0.1) is 0 Å². The van der Waals surface area contributed by atoms with Gasteiger partial charge >= 0.3 is 0 Å². The van der Waals surface area contributed by atoms with E-state index in [2.05, 4.69) is 31.9 Å². The lowest BCUT2D eigenvalue weighted by atomic mass is 10.2. The summed E-state index contributed by atoms with van der Waals surface area (Å²) in [6.07, 6.45) is 0. The van der Waals surface area contributed by atoms with Crippen molar-refractivity contribution in [3.63, 3.8) is 0 Å². The van der Waals surface area contributed by atoms with Crippen LogP contribution < -0.4 is 0 Å². The number of benzene rings is 2. The van der Waals surface area contributed by atoms with Gasteiger partial charge in [0.25, 0.3) is 0 Å². The van der Waals surface area contributed by atoms with Gasteiger partial charge in [-0.1, -0.05) is 11.8 Å². The van der Waals surface area contributed by atoms with Gasteiger partial charge in [-0.3, -0.25) is 0 Å². The van der Waals surface area contributed by atoms with Gasteiger partial charge in [-0.2, -0.15) is 0 Å². The Morgan fingerprint density at radius 3 is 2.42 bits per heavy atom. The van der Waals surface area contributed by atoms with Crippen LogP contribution >= 0.6 is 43.6 Å². The molecule has 1 N–H and O–H groups in total. The second-order valence-corrected chi connectivity index (χ2v) is 6.55. The molecule has 0 aliphatic carbocycles. The van der Waals surface area contributed by atoms with Crippen molar-refractivity contribution in [3.8, 4) is 0 Å². The molecule has 1 nitrogen and oxygen atoms in total. The zero-order valence-electron chi connectivity index (χ0n) is 9.46. The van der Waals surface area contributed by atoms with Crippen molar-refractivity contribution in [2.75, 3.05) is 0 Å². The fourth-order valence-corrected chi connectivity index (χ4v) is 3.60. The van der Waals surface area contributed by atoms with Gasteiger partial charge in [-0.05, 0) is 67.8 Å². The molecule has 0 radical (unpaired) electrons. The number of aliphatic hydroxyl groups excluding tert-OH is 1. The Labute approximate surface area is 130 Å². The summed E-state index contributed by atoms with van der Waals surface area (Å²) < 4.78 is 27.7. The van der Waals surface area contributed by atoms with Gasteiger partial charge < -0.3 is 5.11 Å². The Morgan fingerprint density at radius 1 is 1.05 bits per heavy atom. The SMILES string of the molecule is OCc1cc(Br)c(F)c(Sc2ccc(F)c(Br)c2)c1. The standard InChI is InChI=1S/C13H8Br2F2OS/c14-9-5-8(1-2-11(9)16)19-12-4-7(6-18)3-10(15)13(12)17/h1-5,18H,6H2. The molecule has 2 aromatic rings. The molecule has 0 aliphatic rings. The van der Waals surface area contributed by atoms with Crippen LogP contribution in [0.15, 0.2) is 49.1 Å². The van der Waals surface area contributed by atoms with Gasteiger partial charge in [0.05, 0.1) is 15.6 Å². The topological polar surface area (TPSA) is 20.2 Å². The third-order valence-corrected chi connectivity index (χ3v) is 4.55. The number of aliphatic hydroxyl groups is 1. The predicted octanol–water partition coefficient (Wildman–Crippen LogP) is 5.13. The number of hydrogen-bond donors (Lipinski definition) is 1. The molecule has 0 aliphatic heterocycles. The van der Waals surface area contributed by atoms with Crippen LogP contribution in [0.5, 0.6) is 0 Å². The van der Waals surface area contributed by atoms with E-state index in [1.807, 2.05) is 0 Å². The Morgan fingerprint density at radius 2 is 1.79 bits per heavy atom. The lowest BCUT2D eigenvalue weighted by molar-refractivity contribution is 0.281. The van der Waals surface area contributed by atoms with Crippen molar-refractivity contribution in [1.82, 2.24) is 0 Å². The van der Waals surface area contributed by atoms with Crippen molar-refractivity contribution in [2.24, 2.45) is 0 Å². The number of hydrogen-bond acceptors (Lipinski definition) is 2. The van der Waals surface area contributed by atoms with E-state index in [1.54, 1.807) is 18.2 Å². The lowest BCUT2D eigenvalue weighted by Gasteiger charge is -2.08.